The zero-order chi connectivity index (χ0) is 39.9. The topological polar surface area (TPSA) is 153 Å². The first-order chi connectivity index (χ1) is 27.4. The number of ether oxygens (including phenoxy) is 5. The molecule has 12 heteroatoms. The maximum absolute atomic E-state index is 14.4. The van der Waals surface area contributed by atoms with E-state index in [2.05, 4.69) is 23.5 Å². The molecule has 8 rings (SSSR count). The van der Waals surface area contributed by atoms with Crippen LogP contribution in [0.15, 0.2) is 66.3 Å². The summed E-state index contributed by atoms with van der Waals surface area (Å²) in [6.45, 7) is 5.33. The number of likely N-dealkylation sites (tertiary alicyclic amines) is 1. The zero-order valence-corrected chi connectivity index (χ0v) is 33.0. The van der Waals surface area contributed by atoms with E-state index < -0.39 is 59.6 Å². The first kappa shape index (κ1) is 39.5. The smallest absolute Gasteiger partial charge is 0.339 e. The summed E-state index contributed by atoms with van der Waals surface area (Å²) in [5.41, 5.74) is 3.18. The number of amides is 2. The van der Waals surface area contributed by atoms with Gasteiger partial charge in [-0.3, -0.25) is 14.4 Å². The Hall–Kier alpha value is -4.36. The van der Waals surface area contributed by atoms with Crippen LogP contribution in [0.5, 0.6) is 0 Å². The van der Waals surface area contributed by atoms with Crippen LogP contribution < -0.4 is 5.32 Å². The van der Waals surface area contributed by atoms with E-state index in [4.69, 9.17) is 23.7 Å². The van der Waals surface area contributed by atoms with Crippen molar-refractivity contribution in [3.05, 3.63) is 88.5 Å². The summed E-state index contributed by atoms with van der Waals surface area (Å²) in [7, 11) is 0. The summed E-state index contributed by atoms with van der Waals surface area (Å²) < 4.78 is 30.9. The number of rotatable bonds is 11. The van der Waals surface area contributed by atoms with Crippen LogP contribution in [0.4, 0.5) is 0 Å². The van der Waals surface area contributed by atoms with E-state index in [0.29, 0.717) is 61.5 Å². The van der Waals surface area contributed by atoms with Crippen LogP contribution in [0.25, 0.3) is 6.08 Å². The Morgan fingerprint density at radius 1 is 1.00 bits per heavy atom. The molecule has 304 valence electrons. The monoisotopic (exact) mass is 782 g/mol. The Morgan fingerprint density at radius 3 is 2.49 bits per heavy atom. The lowest BCUT2D eigenvalue weighted by atomic mass is 9.88. The fourth-order valence-corrected chi connectivity index (χ4v) is 9.19. The maximum Gasteiger partial charge on any atom is 0.339 e. The van der Waals surface area contributed by atoms with E-state index in [1.165, 1.54) is 0 Å². The minimum absolute atomic E-state index is 0.0256. The molecule has 4 fully saturated rings. The lowest BCUT2D eigenvalue weighted by Gasteiger charge is -2.33. The van der Waals surface area contributed by atoms with Crippen molar-refractivity contribution >= 4 is 29.8 Å². The van der Waals surface area contributed by atoms with Crippen LogP contribution in [0.2, 0.25) is 0 Å². The van der Waals surface area contributed by atoms with Crippen molar-refractivity contribution in [2.75, 3.05) is 13.2 Å². The summed E-state index contributed by atoms with van der Waals surface area (Å²) >= 11 is 0. The van der Waals surface area contributed by atoms with Crippen LogP contribution in [0, 0.1) is 5.92 Å². The predicted octanol–water partition coefficient (Wildman–Crippen LogP) is 4.99. The van der Waals surface area contributed by atoms with Crippen molar-refractivity contribution in [3.63, 3.8) is 0 Å². The van der Waals surface area contributed by atoms with Gasteiger partial charge in [0.2, 0.25) is 11.8 Å². The molecule has 3 heterocycles. The highest BCUT2D eigenvalue weighted by Crippen LogP contribution is 2.45. The molecule has 2 aromatic rings. The number of aliphatic hydroxyl groups is 1. The summed E-state index contributed by atoms with van der Waals surface area (Å²) in [6.07, 6.45) is 10.1. The largest absolute Gasteiger partial charge is 0.460 e. The van der Waals surface area contributed by atoms with Gasteiger partial charge in [0.05, 0.1) is 30.4 Å². The van der Waals surface area contributed by atoms with Gasteiger partial charge in [0.1, 0.15) is 30.0 Å². The minimum atomic E-state index is -0.960. The van der Waals surface area contributed by atoms with E-state index in [1.54, 1.807) is 37.8 Å². The molecule has 3 saturated heterocycles. The number of carbonyl (C=O) groups excluding carboxylic acids is 4. The predicted molar refractivity (Wildman–Crippen MR) is 209 cm³/mol. The summed E-state index contributed by atoms with van der Waals surface area (Å²) in [5, 5.41) is 12.9. The second-order valence-corrected chi connectivity index (χ2v) is 17.4. The highest BCUT2D eigenvalue weighted by Gasteiger charge is 2.55. The molecule has 6 aliphatic rings. The molecule has 3 aliphatic carbocycles. The number of carbonyl (C=O) groups is 4. The third-order valence-electron chi connectivity index (χ3n) is 12.0. The third-order valence-corrected chi connectivity index (χ3v) is 12.0. The zero-order valence-electron chi connectivity index (χ0n) is 33.0. The second-order valence-electron chi connectivity index (χ2n) is 17.4. The molecule has 0 radical (unpaired) electrons. The van der Waals surface area contributed by atoms with Gasteiger partial charge in [-0.05, 0) is 94.0 Å². The van der Waals surface area contributed by atoms with E-state index in [-0.39, 0.29) is 31.8 Å². The van der Waals surface area contributed by atoms with Crippen molar-refractivity contribution < 1.29 is 48.0 Å². The third kappa shape index (κ3) is 8.89. The number of fused-ring (bicyclic) bond motifs is 3. The fourth-order valence-electron chi connectivity index (χ4n) is 9.19. The Bertz CT molecular complexity index is 1910. The van der Waals surface area contributed by atoms with E-state index in [0.717, 1.165) is 36.0 Å². The molecule has 2 amide bonds. The van der Waals surface area contributed by atoms with Gasteiger partial charge in [-0.25, -0.2) is 4.79 Å². The van der Waals surface area contributed by atoms with Gasteiger partial charge in [-0.2, -0.15) is 0 Å². The molecule has 2 aromatic carbocycles. The Morgan fingerprint density at radius 2 is 1.75 bits per heavy atom. The second kappa shape index (κ2) is 16.1. The summed E-state index contributed by atoms with van der Waals surface area (Å²) in [5.74, 6) is -2.24. The van der Waals surface area contributed by atoms with Gasteiger partial charge < -0.3 is 39.0 Å². The van der Waals surface area contributed by atoms with E-state index in [1.807, 2.05) is 36.4 Å². The Kier molecular flexibility index (Phi) is 11.2. The SMILES string of the molecule is CC(C)(C)OC(=O)CC[C@@H](CO)NC(=O)[C@H]1CCCN1C(=O)C1=C[C@H]2OC3(Cc4ccccc4C3)O[C@H]2[C@H](OC(=O)c2ccccc2C=CC2CCC3OC3C2)C1. The average Bonchev–Trinajstić information content (AvgIpc) is 3.46. The molecular formula is C45H54N2O10. The lowest BCUT2D eigenvalue weighted by molar-refractivity contribution is -0.172. The minimum Gasteiger partial charge on any atom is -0.460 e. The normalized spacial score (nSPS) is 28.9. The van der Waals surface area contributed by atoms with Crippen molar-refractivity contribution in [1.82, 2.24) is 10.2 Å². The number of benzene rings is 2. The van der Waals surface area contributed by atoms with Gasteiger partial charge in [-0.15, -0.1) is 0 Å². The molecule has 0 bridgehead atoms. The van der Waals surface area contributed by atoms with Crippen molar-refractivity contribution in [2.24, 2.45) is 5.92 Å². The quantitative estimate of drug-likeness (QED) is 0.236. The molecule has 8 atom stereocenters. The molecule has 0 aromatic heterocycles. The Labute approximate surface area is 333 Å². The Balaban J connectivity index is 0.987. The molecule has 12 nitrogen and oxygen atoms in total. The lowest BCUT2D eigenvalue weighted by Crippen LogP contribution is -2.51. The fraction of sp³-hybridized carbons (Fsp3) is 0.556. The molecule has 1 spiro atoms. The highest BCUT2D eigenvalue weighted by atomic mass is 16.8. The van der Waals surface area contributed by atoms with Crippen molar-refractivity contribution in [3.8, 4) is 0 Å². The number of hydrogen-bond donors (Lipinski definition) is 2. The van der Waals surface area contributed by atoms with Crippen LogP contribution in [0.3, 0.4) is 0 Å². The summed E-state index contributed by atoms with van der Waals surface area (Å²) in [4.78, 5) is 56.0. The molecular weight excluding hydrogens is 728 g/mol. The summed E-state index contributed by atoms with van der Waals surface area (Å²) in [6, 6.07) is 14.0. The number of epoxide rings is 1. The van der Waals surface area contributed by atoms with Gasteiger partial charge in [0.25, 0.3) is 0 Å². The number of aliphatic hydroxyl groups excluding tert-OH is 1. The number of esters is 2. The molecule has 3 unspecified atom stereocenters. The van der Waals surface area contributed by atoms with Gasteiger partial charge in [0.15, 0.2) is 5.79 Å². The number of nitrogens with zero attached hydrogens (tertiary/aromatic N) is 1. The highest BCUT2D eigenvalue weighted by molar-refractivity contribution is 5.98. The van der Waals surface area contributed by atoms with Crippen LogP contribution >= 0.6 is 0 Å². The molecule has 57 heavy (non-hydrogen) atoms. The van der Waals surface area contributed by atoms with Crippen LogP contribution in [0.1, 0.15) is 99.2 Å². The number of nitrogens with one attached hydrogen (secondary N) is 1. The van der Waals surface area contributed by atoms with Crippen LogP contribution in [-0.2, 0) is 50.9 Å². The van der Waals surface area contributed by atoms with E-state index >= 15 is 0 Å². The van der Waals surface area contributed by atoms with E-state index in [9.17, 15) is 24.3 Å². The van der Waals surface area contributed by atoms with Gasteiger partial charge >= 0.3 is 11.9 Å². The molecule has 3 aliphatic heterocycles. The van der Waals surface area contributed by atoms with Crippen LogP contribution in [-0.4, -0.2) is 101 Å². The maximum atomic E-state index is 14.4. The molecule has 2 N–H and O–H groups in total. The standard InChI is InChI=1S/C45H54N2O10/c1-44(2,3)56-39(49)19-17-32(26-48)46-41(50)34-13-8-20-47(34)42(51)31-22-37(40-38(23-31)55-45(57-40)24-29-10-4-5-11-30(29)25-45)54-43(52)33-12-7-6-9-28(33)16-14-27-15-18-35-36(21-27)53-35/h4-7,9-12,14,16,23,27,32,34-38,40,48H,8,13,15,17-22,24-26H2,1-3H3,(H,46,50)/t27?,32-,34+,35?,36?,37+,38+,40-/m0/s1. The number of allylic oxidation sites excluding steroid dienone is 1. The number of hydrogen-bond acceptors (Lipinski definition) is 10. The van der Waals surface area contributed by atoms with Crippen molar-refractivity contribution in [2.45, 2.75) is 139 Å². The first-order valence-corrected chi connectivity index (χ1v) is 20.6. The van der Waals surface area contributed by atoms with Gasteiger partial charge in [-0.1, -0.05) is 54.6 Å². The van der Waals surface area contributed by atoms with Crippen molar-refractivity contribution in [1.29, 1.82) is 0 Å². The average molecular weight is 783 g/mol. The van der Waals surface area contributed by atoms with Gasteiger partial charge in [0, 0.05) is 37.8 Å². The first-order valence-electron chi connectivity index (χ1n) is 20.6. The molecule has 1 saturated carbocycles.